The molecule has 31 heavy (non-hydrogen) atoms. The van der Waals surface area contributed by atoms with Crippen LogP contribution in [-0.2, 0) is 10.3 Å². The van der Waals surface area contributed by atoms with E-state index in [4.69, 9.17) is 16.3 Å². The highest BCUT2D eigenvalue weighted by Crippen LogP contribution is 2.36. The summed E-state index contributed by atoms with van der Waals surface area (Å²) in [4.78, 5) is 22.7. The SMILES string of the molecule is COC(C)(C)c1c(NC(=O)Nc2cnc(-n3nccn3)c(Cl)c2)cnc2ccccc12. The molecule has 0 saturated carbocycles. The molecule has 9 nitrogen and oxygen atoms in total. The van der Waals surface area contributed by atoms with Gasteiger partial charge in [0.05, 0.1) is 52.3 Å². The average molecular weight is 438 g/mol. The zero-order valence-corrected chi connectivity index (χ0v) is 17.9. The standard InChI is InChI=1S/C21H20ClN7O2/c1-21(2,31-3)18-14-6-4-5-7-16(14)23-12-17(18)28-20(30)27-13-10-15(22)19(24-11-13)29-25-8-9-26-29/h4-12H,1-3H3,(H2,27,28,30). The zero-order valence-electron chi connectivity index (χ0n) is 17.1. The number of para-hydroxylation sites is 1. The molecule has 0 radical (unpaired) electrons. The zero-order chi connectivity index (χ0) is 22.0. The number of fused-ring (bicyclic) bond motifs is 1. The number of aromatic nitrogens is 5. The average Bonchev–Trinajstić information content (AvgIpc) is 3.28. The largest absolute Gasteiger partial charge is 0.374 e. The fraction of sp³-hybridized carbons (Fsp3) is 0.190. The number of hydrogen-bond donors (Lipinski definition) is 2. The lowest BCUT2D eigenvalue weighted by Gasteiger charge is -2.27. The fourth-order valence-corrected chi connectivity index (χ4v) is 3.48. The summed E-state index contributed by atoms with van der Waals surface area (Å²) >= 11 is 6.27. The van der Waals surface area contributed by atoms with E-state index in [9.17, 15) is 4.79 Å². The number of benzene rings is 1. The van der Waals surface area contributed by atoms with E-state index in [-0.39, 0.29) is 0 Å². The summed E-state index contributed by atoms with van der Waals surface area (Å²) in [6.07, 6.45) is 6.14. The van der Waals surface area contributed by atoms with Crippen LogP contribution in [0.3, 0.4) is 0 Å². The number of methoxy groups -OCH3 is 1. The Bertz CT molecular complexity index is 1240. The maximum atomic E-state index is 12.7. The minimum absolute atomic E-state index is 0.294. The summed E-state index contributed by atoms with van der Waals surface area (Å²) in [6.45, 7) is 3.87. The van der Waals surface area contributed by atoms with Gasteiger partial charge in [0.2, 0.25) is 0 Å². The number of rotatable bonds is 5. The molecule has 4 aromatic rings. The number of hydrogen-bond acceptors (Lipinski definition) is 6. The van der Waals surface area contributed by atoms with Crippen molar-refractivity contribution in [3.63, 3.8) is 0 Å². The molecule has 0 bridgehead atoms. The molecule has 158 valence electrons. The van der Waals surface area contributed by atoms with Crippen LogP contribution in [0.5, 0.6) is 0 Å². The molecule has 0 aliphatic heterocycles. The number of ether oxygens (including phenoxy) is 1. The third-order valence-electron chi connectivity index (χ3n) is 4.82. The summed E-state index contributed by atoms with van der Waals surface area (Å²) in [7, 11) is 1.63. The van der Waals surface area contributed by atoms with E-state index < -0.39 is 11.6 Å². The maximum absolute atomic E-state index is 12.7. The van der Waals surface area contributed by atoms with E-state index in [1.165, 1.54) is 23.4 Å². The molecule has 1 aromatic carbocycles. The highest BCUT2D eigenvalue weighted by atomic mass is 35.5. The Kier molecular flexibility index (Phi) is 5.53. The second kappa shape index (κ2) is 8.29. The number of nitrogens with zero attached hydrogens (tertiary/aromatic N) is 5. The van der Waals surface area contributed by atoms with Gasteiger partial charge in [-0.1, -0.05) is 29.8 Å². The van der Waals surface area contributed by atoms with Gasteiger partial charge in [-0.3, -0.25) is 4.98 Å². The first-order valence-electron chi connectivity index (χ1n) is 9.42. The van der Waals surface area contributed by atoms with Crippen LogP contribution < -0.4 is 10.6 Å². The Hall–Kier alpha value is -3.56. The number of nitrogens with one attached hydrogen (secondary N) is 2. The van der Waals surface area contributed by atoms with Gasteiger partial charge >= 0.3 is 6.03 Å². The quantitative estimate of drug-likeness (QED) is 0.479. The van der Waals surface area contributed by atoms with Crippen LogP contribution in [0.25, 0.3) is 16.7 Å². The minimum atomic E-state index is -0.658. The van der Waals surface area contributed by atoms with E-state index in [0.717, 1.165) is 16.5 Å². The molecule has 0 fully saturated rings. The first-order valence-corrected chi connectivity index (χ1v) is 9.80. The van der Waals surface area contributed by atoms with E-state index >= 15 is 0 Å². The molecule has 3 heterocycles. The van der Waals surface area contributed by atoms with Crippen molar-refractivity contribution in [1.29, 1.82) is 0 Å². The van der Waals surface area contributed by atoms with Gasteiger partial charge in [0.1, 0.15) is 0 Å². The summed E-state index contributed by atoms with van der Waals surface area (Å²) in [5.74, 6) is 0.362. The minimum Gasteiger partial charge on any atom is -0.374 e. The molecule has 0 saturated heterocycles. The summed E-state index contributed by atoms with van der Waals surface area (Å²) in [6, 6.07) is 8.81. The smallest absolute Gasteiger partial charge is 0.323 e. The molecule has 10 heteroatoms. The van der Waals surface area contributed by atoms with Crippen LogP contribution >= 0.6 is 11.6 Å². The van der Waals surface area contributed by atoms with E-state index in [0.29, 0.717) is 22.2 Å². The van der Waals surface area contributed by atoms with Gasteiger partial charge in [-0.15, -0.1) is 4.80 Å². The van der Waals surface area contributed by atoms with Gasteiger partial charge in [0.15, 0.2) is 5.82 Å². The lowest BCUT2D eigenvalue weighted by Crippen LogP contribution is -2.26. The lowest BCUT2D eigenvalue weighted by molar-refractivity contribution is 0.0210. The van der Waals surface area contributed by atoms with Gasteiger partial charge in [0.25, 0.3) is 0 Å². The summed E-state index contributed by atoms with van der Waals surface area (Å²) in [5.41, 5.74) is 1.94. The third kappa shape index (κ3) is 4.18. The first-order chi connectivity index (χ1) is 14.9. The molecule has 0 spiro atoms. The predicted molar refractivity (Wildman–Crippen MR) is 119 cm³/mol. The van der Waals surface area contributed by atoms with Gasteiger partial charge in [-0.05, 0) is 26.0 Å². The topological polar surface area (TPSA) is 107 Å². The van der Waals surface area contributed by atoms with Crippen LogP contribution in [0, 0.1) is 0 Å². The Labute approximate surface area is 183 Å². The van der Waals surface area contributed by atoms with Gasteiger partial charge in [0, 0.05) is 18.1 Å². The second-order valence-electron chi connectivity index (χ2n) is 7.21. The Morgan fingerprint density at radius 1 is 1.10 bits per heavy atom. The molecular formula is C21H20ClN7O2. The van der Waals surface area contributed by atoms with E-state index in [1.807, 2.05) is 38.1 Å². The molecule has 4 rings (SSSR count). The second-order valence-corrected chi connectivity index (χ2v) is 7.61. The van der Waals surface area contributed by atoms with E-state index in [1.54, 1.807) is 19.4 Å². The Morgan fingerprint density at radius 2 is 1.84 bits per heavy atom. The molecule has 0 atom stereocenters. The normalized spacial score (nSPS) is 11.5. The van der Waals surface area contributed by atoms with Crippen LogP contribution in [-0.4, -0.2) is 38.1 Å². The summed E-state index contributed by atoms with van der Waals surface area (Å²) in [5, 5.41) is 14.8. The van der Waals surface area contributed by atoms with Crippen LogP contribution in [0.4, 0.5) is 16.2 Å². The van der Waals surface area contributed by atoms with Crippen molar-refractivity contribution in [3.8, 4) is 5.82 Å². The molecule has 0 aliphatic rings. The fourth-order valence-electron chi connectivity index (χ4n) is 3.24. The van der Waals surface area contributed by atoms with Crippen molar-refractivity contribution in [1.82, 2.24) is 25.0 Å². The monoisotopic (exact) mass is 437 g/mol. The molecule has 0 aliphatic carbocycles. The number of carbonyl (C=O) groups is 1. The number of carbonyl (C=O) groups excluding carboxylic acids is 1. The van der Waals surface area contributed by atoms with Crippen molar-refractivity contribution in [2.75, 3.05) is 17.7 Å². The maximum Gasteiger partial charge on any atom is 0.323 e. The van der Waals surface area contributed by atoms with Gasteiger partial charge in [-0.25, -0.2) is 9.78 Å². The number of pyridine rings is 2. The van der Waals surface area contributed by atoms with Crippen LogP contribution in [0.1, 0.15) is 19.4 Å². The highest BCUT2D eigenvalue weighted by Gasteiger charge is 2.27. The Morgan fingerprint density at radius 3 is 2.55 bits per heavy atom. The predicted octanol–water partition coefficient (Wildman–Crippen LogP) is 4.39. The first kappa shape index (κ1) is 20.7. The number of urea groups is 1. The molecule has 3 aromatic heterocycles. The van der Waals surface area contributed by atoms with Crippen LogP contribution in [0.15, 0.2) is 55.1 Å². The van der Waals surface area contributed by atoms with Crippen molar-refractivity contribution >= 4 is 39.9 Å². The van der Waals surface area contributed by atoms with Crippen molar-refractivity contribution in [2.45, 2.75) is 19.4 Å². The van der Waals surface area contributed by atoms with Crippen molar-refractivity contribution in [2.24, 2.45) is 0 Å². The molecular weight excluding hydrogens is 418 g/mol. The Balaban J connectivity index is 1.60. The van der Waals surface area contributed by atoms with Crippen molar-refractivity contribution in [3.05, 3.63) is 65.7 Å². The number of anilines is 2. The third-order valence-corrected chi connectivity index (χ3v) is 5.10. The highest BCUT2D eigenvalue weighted by molar-refractivity contribution is 6.32. The van der Waals surface area contributed by atoms with Gasteiger partial charge in [-0.2, -0.15) is 10.2 Å². The number of halogens is 1. The van der Waals surface area contributed by atoms with Crippen molar-refractivity contribution < 1.29 is 9.53 Å². The summed E-state index contributed by atoms with van der Waals surface area (Å²) < 4.78 is 5.70. The number of amides is 2. The van der Waals surface area contributed by atoms with E-state index in [2.05, 4.69) is 30.8 Å². The lowest BCUT2D eigenvalue weighted by atomic mass is 9.92. The molecule has 0 unspecified atom stereocenters. The van der Waals surface area contributed by atoms with Crippen LogP contribution in [0.2, 0.25) is 5.02 Å². The molecule has 2 N–H and O–H groups in total. The molecule has 2 amide bonds. The van der Waals surface area contributed by atoms with Gasteiger partial charge < -0.3 is 15.4 Å².